The quantitative estimate of drug-likeness (QED) is 0.650. The number of likely N-dealkylation sites (N-methyl/N-ethyl adjacent to an activating group) is 1. The molecule has 0 aliphatic carbocycles. The van der Waals surface area contributed by atoms with Crippen LogP contribution in [0.3, 0.4) is 0 Å². The van der Waals surface area contributed by atoms with Gasteiger partial charge in [-0.25, -0.2) is 0 Å². The van der Waals surface area contributed by atoms with Crippen molar-refractivity contribution in [2.45, 2.75) is 26.3 Å². The van der Waals surface area contributed by atoms with E-state index in [1.165, 1.54) is 0 Å². The Hall–Kier alpha value is -1.36. The Morgan fingerprint density at radius 2 is 1.76 bits per heavy atom. The van der Waals surface area contributed by atoms with Crippen molar-refractivity contribution in [1.82, 2.24) is 15.5 Å². The fourth-order valence-corrected chi connectivity index (χ4v) is 1.25. The lowest BCUT2D eigenvalue weighted by Crippen LogP contribution is -2.46. The molecule has 5 nitrogen and oxygen atoms in total. The fourth-order valence-electron chi connectivity index (χ4n) is 1.25. The van der Waals surface area contributed by atoms with Crippen molar-refractivity contribution in [3.63, 3.8) is 0 Å². The van der Waals surface area contributed by atoms with Crippen molar-refractivity contribution >= 4 is 11.8 Å². The molecule has 0 fully saturated rings. The molecule has 5 heteroatoms. The lowest BCUT2D eigenvalue weighted by Gasteiger charge is -2.23. The maximum Gasteiger partial charge on any atom is 0.234 e. The van der Waals surface area contributed by atoms with Crippen molar-refractivity contribution in [3.05, 3.63) is 12.7 Å². The molecule has 0 heterocycles. The van der Waals surface area contributed by atoms with Gasteiger partial charge in [0.1, 0.15) is 0 Å². The van der Waals surface area contributed by atoms with E-state index in [1.807, 2.05) is 20.8 Å². The Bertz CT molecular complexity index is 282. The summed E-state index contributed by atoms with van der Waals surface area (Å²) in [5.41, 5.74) is -0.247. The number of rotatable bonds is 6. The Morgan fingerprint density at radius 1 is 1.24 bits per heavy atom. The van der Waals surface area contributed by atoms with Crippen LogP contribution in [0.5, 0.6) is 0 Å². The van der Waals surface area contributed by atoms with Crippen LogP contribution in [0.15, 0.2) is 12.7 Å². The molecule has 0 rings (SSSR count). The second-order valence-corrected chi connectivity index (χ2v) is 5.06. The first-order chi connectivity index (χ1) is 7.74. The van der Waals surface area contributed by atoms with Crippen LogP contribution >= 0.6 is 0 Å². The number of nitrogens with one attached hydrogen (secondary N) is 2. The normalized spacial score (nSPS) is 11.1. The van der Waals surface area contributed by atoms with Crippen molar-refractivity contribution in [1.29, 1.82) is 0 Å². The number of carbonyl (C=O) groups excluding carboxylic acids is 2. The van der Waals surface area contributed by atoms with Gasteiger partial charge in [0.15, 0.2) is 0 Å². The Balaban J connectivity index is 3.93. The van der Waals surface area contributed by atoms with Crippen LogP contribution in [0.1, 0.15) is 20.8 Å². The number of hydrogen-bond acceptors (Lipinski definition) is 3. The van der Waals surface area contributed by atoms with Gasteiger partial charge in [0.25, 0.3) is 0 Å². The van der Waals surface area contributed by atoms with Gasteiger partial charge in [0.05, 0.1) is 13.1 Å². The van der Waals surface area contributed by atoms with Crippen molar-refractivity contribution < 1.29 is 9.59 Å². The largest absolute Gasteiger partial charge is 0.352 e. The number of amides is 2. The highest BCUT2D eigenvalue weighted by molar-refractivity contribution is 5.81. The highest BCUT2D eigenvalue weighted by Gasteiger charge is 2.15. The molecule has 0 saturated carbocycles. The maximum atomic E-state index is 11.6. The van der Waals surface area contributed by atoms with Gasteiger partial charge in [-0.1, -0.05) is 6.08 Å². The molecule has 98 valence electrons. The average molecular weight is 241 g/mol. The molecular weight excluding hydrogens is 218 g/mol. The van der Waals surface area contributed by atoms with Crippen molar-refractivity contribution in [2.24, 2.45) is 0 Å². The zero-order valence-corrected chi connectivity index (χ0v) is 11.2. The third-order valence-corrected chi connectivity index (χ3v) is 1.79. The summed E-state index contributed by atoms with van der Waals surface area (Å²) < 4.78 is 0. The van der Waals surface area contributed by atoms with Crippen LogP contribution < -0.4 is 10.6 Å². The third-order valence-electron chi connectivity index (χ3n) is 1.79. The first-order valence-electron chi connectivity index (χ1n) is 5.62. The van der Waals surface area contributed by atoms with Gasteiger partial charge in [-0.05, 0) is 27.8 Å². The monoisotopic (exact) mass is 241 g/mol. The van der Waals surface area contributed by atoms with Gasteiger partial charge in [-0.15, -0.1) is 6.58 Å². The van der Waals surface area contributed by atoms with Crippen LogP contribution in [0.2, 0.25) is 0 Å². The number of nitrogens with zero attached hydrogens (tertiary/aromatic N) is 1. The smallest absolute Gasteiger partial charge is 0.234 e. The van der Waals surface area contributed by atoms with Crippen molar-refractivity contribution in [3.8, 4) is 0 Å². The molecule has 17 heavy (non-hydrogen) atoms. The summed E-state index contributed by atoms with van der Waals surface area (Å²) in [4.78, 5) is 24.6. The first-order valence-corrected chi connectivity index (χ1v) is 5.62. The molecule has 2 amide bonds. The van der Waals surface area contributed by atoms with Crippen LogP contribution in [-0.2, 0) is 9.59 Å². The molecule has 0 spiro atoms. The predicted octanol–water partition coefficient (Wildman–Crippen LogP) is 0.135. The van der Waals surface area contributed by atoms with E-state index in [0.29, 0.717) is 6.54 Å². The first kappa shape index (κ1) is 15.6. The number of carbonyl (C=O) groups is 2. The second kappa shape index (κ2) is 7.06. The zero-order chi connectivity index (χ0) is 13.5. The van der Waals surface area contributed by atoms with Crippen LogP contribution in [0.4, 0.5) is 0 Å². The van der Waals surface area contributed by atoms with Crippen molar-refractivity contribution in [2.75, 3.05) is 26.7 Å². The minimum Gasteiger partial charge on any atom is -0.352 e. The minimum atomic E-state index is -0.247. The van der Waals surface area contributed by atoms with E-state index >= 15 is 0 Å². The molecule has 0 radical (unpaired) electrons. The Labute approximate surface area is 103 Å². The molecule has 0 aromatic rings. The van der Waals surface area contributed by atoms with Gasteiger partial charge in [0, 0.05) is 12.1 Å². The molecule has 0 saturated heterocycles. The predicted molar refractivity (Wildman–Crippen MR) is 68.6 cm³/mol. The average Bonchev–Trinajstić information content (AvgIpc) is 2.10. The van der Waals surface area contributed by atoms with E-state index in [2.05, 4.69) is 17.2 Å². The lowest BCUT2D eigenvalue weighted by atomic mass is 10.1. The van der Waals surface area contributed by atoms with Gasteiger partial charge in [-0.3, -0.25) is 14.5 Å². The van der Waals surface area contributed by atoms with E-state index in [0.717, 1.165) is 0 Å². The fraction of sp³-hybridized carbons (Fsp3) is 0.667. The summed E-state index contributed by atoms with van der Waals surface area (Å²) in [5.74, 6) is -0.201. The summed E-state index contributed by atoms with van der Waals surface area (Å²) in [6.45, 7) is 10.1. The third kappa shape index (κ3) is 9.56. The van der Waals surface area contributed by atoms with E-state index in [-0.39, 0.29) is 30.4 Å². The van der Waals surface area contributed by atoms with E-state index < -0.39 is 0 Å². The maximum absolute atomic E-state index is 11.6. The summed E-state index contributed by atoms with van der Waals surface area (Å²) in [7, 11) is 1.73. The summed E-state index contributed by atoms with van der Waals surface area (Å²) in [5, 5.41) is 5.49. The molecule has 0 aliphatic heterocycles. The summed E-state index contributed by atoms with van der Waals surface area (Å²) in [6, 6.07) is 0. The highest BCUT2D eigenvalue weighted by atomic mass is 16.2. The molecular formula is C12H23N3O2. The Kier molecular flexibility index (Phi) is 6.50. The van der Waals surface area contributed by atoms with Crippen LogP contribution in [-0.4, -0.2) is 48.9 Å². The SMILES string of the molecule is C=CCNC(=O)CN(C)CC(=O)NC(C)(C)C. The summed E-state index contributed by atoms with van der Waals surface area (Å²) >= 11 is 0. The Morgan fingerprint density at radius 3 is 2.24 bits per heavy atom. The summed E-state index contributed by atoms with van der Waals surface area (Å²) in [6.07, 6.45) is 1.62. The minimum absolute atomic E-state index is 0.0866. The van der Waals surface area contributed by atoms with Crippen LogP contribution in [0, 0.1) is 0 Å². The molecule has 0 bridgehead atoms. The van der Waals surface area contributed by atoms with Gasteiger partial charge < -0.3 is 10.6 Å². The van der Waals surface area contributed by atoms with Gasteiger partial charge >= 0.3 is 0 Å². The molecule has 0 aromatic carbocycles. The topological polar surface area (TPSA) is 61.4 Å². The zero-order valence-electron chi connectivity index (χ0n) is 11.2. The standard InChI is InChI=1S/C12H23N3O2/c1-6-7-13-10(16)8-15(5)9-11(17)14-12(2,3)4/h6H,1,7-9H2,2-5H3,(H,13,16)(H,14,17). The molecule has 0 atom stereocenters. The van der Waals surface area contributed by atoms with Crippen LogP contribution in [0.25, 0.3) is 0 Å². The highest BCUT2D eigenvalue weighted by Crippen LogP contribution is 1.98. The van der Waals surface area contributed by atoms with E-state index in [1.54, 1.807) is 18.0 Å². The van der Waals surface area contributed by atoms with E-state index in [9.17, 15) is 9.59 Å². The van der Waals surface area contributed by atoms with Gasteiger partial charge in [-0.2, -0.15) is 0 Å². The molecule has 0 aliphatic rings. The number of hydrogen-bond donors (Lipinski definition) is 2. The van der Waals surface area contributed by atoms with Gasteiger partial charge in [0.2, 0.25) is 11.8 Å². The van der Waals surface area contributed by atoms with E-state index in [4.69, 9.17) is 0 Å². The molecule has 0 aromatic heterocycles. The molecule has 2 N–H and O–H groups in total. The lowest BCUT2D eigenvalue weighted by molar-refractivity contribution is -0.125. The second-order valence-electron chi connectivity index (χ2n) is 5.06. The molecule has 0 unspecified atom stereocenters.